The largest absolute Gasteiger partial charge is 0.508 e. The molecular weight excluding hydrogens is 484 g/mol. The molecular formula is C29H26F4N2O2. The molecule has 4 N–H and O–H groups in total. The van der Waals surface area contributed by atoms with E-state index in [-0.39, 0.29) is 17.0 Å². The number of aromatic hydroxyl groups is 1. The second kappa shape index (κ2) is 8.66. The van der Waals surface area contributed by atoms with Gasteiger partial charge in [-0.1, -0.05) is 44.2 Å². The van der Waals surface area contributed by atoms with Crippen molar-refractivity contribution in [2.75, 3.05) is 0 Å². The average Bonchev–Trinajstić information content (AvgIpc) is 3.42. The van der Waals surface area contributed by atoms with Crippen LogP contribution < -0.4 is 0 Å². The van der Waals surface area contributed by atoms with E-state index in [2.05, 4.69) is 9.97 Å². The lowest BCUT2D eigenvalue weighted by molar-refractivity contribution is -0.266. The Morgan fingerprint density at radius 3 is 2.30 bits per heavy atom. The highest BCUT2D eigenvalue weighted by Gasteiger charge is 2.56. The fraction of sp³-hybridized carbons (Fsp3) is 0.241. The van der Waals surface area contributed by atoms with E-state index >= 15 is 0 Å². The number of fused-ring (bicyclic) bond motifs is 2. The molecule has 8 heteroatoms. The Kier molecular flexibility index (Phi) is 5.83. The number of para-hydroxylation sites is 1. The van der Waals surface area contributed by atoms with Crippen molar-refractivity contribution in [1.82, 2.24) is 9.97 Å². The summed E-state index contributed by atoms with van der Waals surface area (Å²) < 4.78 is 56.8. The van der Waals surface area contributed by atoms with E-state index in [4.69, 9.17) is 0 Å². The van der Waals surface area contributed by atoms with Crippen LogP contribution in [0.15, 0.2) is 72.8 Å². The molecule has 37 heavy (non-hydrogen) atoms. The van der Waals surface area contributed by atoms with Crippen molar-refractivity contribution in [3.05, 3.63) is 89.9 Å². The summed E-state index contributed by atoms with van der Waals surface area (Å²) in [6, 6.07) is 20.0. The molecule has 0 aliphatic carbocycles. The van der Waals surface area contributed by atoms with Crippen molar-refractivity contribution in [1.29, 1.82) is 0 Å². The fourth-order valence-electron chi connectivity index (χ4n) is 5.22. The van der Waals surface area contributed by atoms with Gasteiger partial charge in [0, 0.05) is 50.7 Å². The summed E-state index contributed by atoms with van der Waals surface area (Å²) in [7, 11) is 0. The number of halogens is 4. The van der Waals surface area contributed by atoms with Crippen molar-refractivity contribution < 1.29 is 27.8 Å². The predicted molar refractivity (Wildman–Crippen MR) is 136 cm³/mol. The van der Waals surface area contributed by atoms with Gasteiger partial charge in [0.2, 0.25) is 0 Å². The minimum Gasteiger partial charge on any atom is -0.508 e. The van der Waals surface area contributed by atoms with Crippen molar-refractivity contribution in [3.63, 3.8) is 0 Å². The van der Waals surface area contributed by atoms with Crippen molar-refractivity contribution in [2.45, 2.75) is 43.9 Å². The lowest BCUT2D eigenvalue weighted by Crippen LogP contribution is -2.50. The smallest absolute Gasteiger partial charge is 0.417 e. The van der Waals surface area contributed by atoms with E-state index in [1.54, 1.807) is 12.1 Å². The molecule has 1 atom stereocenters. The lowest BCUT2D eigenvalue weighted by atomic mass is 9.73. The number of rotatable bonds is 6. The number of alkyl halides is 3. The maximum absolute atomic E-state index is 14.3. The number of aromatic nitrogens is 2. The standard InChI is InChI=1S/C29H26F4N2O2/c1-27(2,22-13-18(30)10-11-26(22)36)16-28(37,29(31,32)33)15-19-14-21-20(7-5-9-24(21)34-19)25-12-17-6-3-4-8-23(17)35-25/h3-14,34-37H,15-16H2,1-2H3. The number of aromatic amines is 2. The van der Waals surface area contributed by atoms with E-state index in [1.165, 1.54) is 13.8 Å². The van der Waals surface area contributed by atoms with E-state index < -0.39 is 35.9 Å². The molecule has 192 valence electrons. The quantitative estimate of drug-likeness (QED) is 0.180. The molecule has 0 bridgehead atoms. The molecule has 0 fully saturated rings. The SMILES string of the molecule is CC(C)(CC(O)(Cc1cc2c(-c3cc4ccccc4[nH]3)cccc2[nH]1)C(F)(F)F)c1cc(F)ccc1O. The number of phenols is 1. The second-order valence-electron chi connectivity index (χ2n) is 10.3. The lowest BCUT2D eigenvalue weighted by Gasteiger charge is -2.38. The third-order valence-electron chi connectivity index (χ3n) is 6.97. The summed E-state index contributed by atoms with van der Waals surface area (Å²) in [6.45, 7) is 2.88. The topological polar surface area (TPSA) is 72.0 Å². The van der Waals surface area contributed by atoms with Crippen LogP contribution in [0.25, 0.3) is 33.1 Å². The van der Waals surface area contributed by atoms with Crippen molar-refractivity contribution in [3.8, 4) is 17.0 Å². The maximum Gasteiger partial charge on any atom is 0.417 e. The van der Waals surface area contributed by atoms with Gasteiger partial charge in [0.1, 0.15) is 11.6 Å². The van der Waals surface area contributed by atoms with Crippen LogP contribution >= 0.6 is 0 Å². The molecule has 5 aromatic rings. The van der Waals surface area contributed by atoms with Gasteiger partial charge >= 0.3 is 6.18 Å². The van der Waals surface area contributed by atoms with E-state index in [1.807, 2.05) is 42.5 Å². The first-order valence-corrected chi connectivity index (χ1v) is 11.8. The van der Waals surface area contributed by atoms with Gasteiger partial charge in [-0.05, 0) is 54.3 Å². The molecule has 4 nitrogen and oxygen atoms in total. The van der Waals surface area contributed by atoms with Gasteiger partial charge in [-0.25, -0.2) is 4.39 Å². The highest BCUT2D eigenvalue weighted by atomic mass is 19.4. The van der Waals surface area contributed by atoms with Gasteiger partial charge in [-0.3, -0.25) is 0 Å². The third kappa shape index (κ3) is 4.57. The van der Waals surface area contributed by atoms with Crippen molar-refractivity contribution in [2.24, 2.45) is 0 Å². The van der Waals surface area contributed by atoms with Crippen LogP contribution in [0.3, 0.4) is 0 Å². The molecule has 2 heterocycles. The normalized spacial score (nSPS) is 14.4. The van der Waals surface area contributed by atoms with Crippen LogP contribution in [0.1, 0.15) is 31.5 Å². The number of H-pyrrole nitrogens is 2. The molecule has 0 aliphatic heterocycles. The zero-order valence-corrected chi connectivity index (χ0v) is 20.2. The summed E-state index contributed by atoms with van der Waals surface area (Å²) in [4.78, 5) is 6.38. The summed E-state index contributed by atoms with van der Waals surface area (Å²) in [5.41, 5.74) is -1.11. The Balaban J connectivity index is 1.52. The monoisotopic (exact) mass is 510 g/mol. The van der Waals surface area contributed by atoms with E-state index in [9.17, 15) is 27.8 Å². The van der Waals surface area contributed by atoms with Crippen LogP contribution in [-0.4, -0.2) is 32.0 Å². The Labute approximate surface area is 210 Å². The molecule has 0 radical (unpaired) electrons. The molecule has 0 aliphatic rings. The average molecular weight is 511 g/mol. The van der Waals surface area contributed by atoms with Gasteiger partial charge in [-0.2, -0.15) is 13.2 Å². The number of phenolic OH excluding ortho intramolecular Hbond substituents is 1. The number of hydrogen-bond acceptors (Lipinski definition) is 2. The second-order valence-corrected chi connectivity index (χ2v) is 10.3. The van der Waals surface area contributed by atoms with E-state index in [0.717, 1.165) is 45.7 Å². The number of hydrogen-bond donors (Lipinski definition) is 4. The van der Waals surface area contributed by atoms with Gasteiger partial charge < -0.3 is 20.2 Å². The molecule has 3 aromatic carbocycles. The molecule has 0 amide bonds. The van der Waals surface area contributed by atoms with Crippen LogP contribution in [0, 0.1) is 5.82 Å². The van der Waals surface area contributed by atoms with Crippen molar-refractivity contribution >= 4 is 21.8 Å². The first kappa shape index (κ1) is 24.9. The predicted octanol–water partition coefficient (Wildman–Crippen LogP) is 7.36. The van der Waals surface area contributed by atoms with Crippen LogP contribution in [-0.2, 0) is 11.8 Å². The fourth-order valence-corrected chi connectivity index (χ4v) is 5.22. The molecule has 1 unspecified atom stereocenters. The van der Waals surface area contributed by atoms with Gasteiger partial charge in [0.05, 0.1) is 0 Å². The van der Waals surface area contributed by atoms with Gasteiger partial charge in [0.15, 0.2) is 5.60 Å². The van der Waals surface area contributed by atoms with Gasteiger partial charge in [0.25, 0.3) is 0 Å². The zero-order chi connectivity index (χ0) is 26.6. The minimum atomic E-state index is -4.98. The van der Waals surface area contributed by atoms with Gasteiger partial charge in [-0.15, -0.1) is 0 Å². The van der Waals surface area contributed by atoms with Crippen LogP contribution in [0.5, 0.6) is 5.75 Å². The maximum atomic E-state index is 14.3. The first-order valence-electron chi connectivity index (χ1n) is 11.8. The molecule has 0 saturated heterocycles. The molecule has 0 spiro atoms. The highest BCUT2D eigenvalue weighted by molar-refractivity contribution is 5.97. The summed E-state index contributed by atoms with van der Waals surface area (Å²) in [5, 5.41) is 23.0. The van der Waals surface area contributed by atoms with E-state index in [0.29, 0.717) is 5.52 Å². The first-order chi connectivity index (χ1) is 17.4. The Morgan fingerprint density at radius 1 is 0.838 bits per heavy atom. The molecule has 0 saturated carbocycles. The summed E-state index contributed by atoms with van der Waals surface area (Å²) in [5.74, 6) is -1.01. The Morgan fingerprint density at radius 2 is 1.57 bits per heavy atom. The minimum absolute atomic E-state index is 0.00656. The number of nitrogens with one attached hydrogen (secondary N) is 2. The van der Waals surface area contributed by atoms with Crippen LogP contribution in [0.2, 0.25) is 0 Å². The zero-order valence-electron chi connectivity index (χ0n) is 20.2. The number of benzene rings is 3. The summed E-state index contributed by atoms with van der Waals surface area (Å²) >= 11 is 0. The summed E-state index contributed by atoms with van der Waals surface area (Å²) in [6.07, 6.45) is -6.51. The highest BCUT2D eigenvalue weighted by Crippen LogP contribution is 2.45. The molecule has 2 aromatic heterocycles. The third-order valence-corrected chi connectivity index (χ3v) is 6.97. The number of aliphatic hydroxyl groups is 1. The molecule has 5 rings (SSSR count). The Hall–Kier alpha value is -3.78. The van der Waals surface area contributed by atoms with Crippen LogP contribution in [0.4, 0.5) is 17.6 Å². The Bertz CT molecular complexity index is 1570.